The molecule has 1 amide bonds. The molecule has 0 bridgehead atoms. The third kappa shape index (κ3) is 5.04. The van der Waals surface area contributed by atoms with Gasteiger partial charge in [0.15, 0.2) is 17.8 Å². The summed E-state index contributed by atoms with van der Waals surface area (Å²) in [5, 5.41) is 5.75. The van der Waals surface area contributed by atoms with E-state index in [1.54, 1.807) is 0 Å². The number of nitrogens with zero attached hydrogens (tertiary/aromatic N) is 1. The molecule has 0 saturated carbocycles. The molecule has 116 valence electrons. The van der Waals surface area contributed by atoms with Gasteiger partial charge in [-0.05, 0) is 14.0 Å². The molecule has 0 unspecified atom stereocenters. The van der Waals surface area contributed by atoms with Gasteiger partial charge in [0.05, 0.1) is 0 Å². The van der Waals surface area contributed by atoms with Crippen LogP contribution in [0.25, 0.3) is 11.3 Å². The number of benzene rings is 1. The number of halogens is 2. The van der Waals surface area contributed by atoms with Gasteiger partial charge in [-0.3, -0.25) is 4.79 Å². The highest BCUT2D eigenvalue weighted by atomic mass is 35.5. The Labute approximate surface area is 136 Å². The molecule has 2 rings (SSSR count). The van der Waals surface area contributed by atoms with Crippen LogP contribution in [0.1, 0.15) is 16.1 Å². The van der Waals surface area contributed by atoms with Crippen LogP contribution in [-0.2, 0) is 0 Å². The van der Waals surface area contributed by atoms with Crippen LogP contribution < -0.4 is 10.6 Å². The molecule has 7 heteroatoms. The summed E-state index contributed by atoms with van der Waals surface area (Å²) in [6, 6.07) is 7.78. The van der Waals surface area contributed by atoms with Crippen LogP contribution in [0.3, 0.4) is 0 Å². The Morgan fingerprint density at radius 2 is 1.86 bits per heavy atom. The third-order valence-electron chi connectivity index (χ3n) is 2.76. The predicted molar refractivity (Wildman–Crippen MR) is 87.4 cm³/mol. The summed E-state index contributed by atoms with van der Waals surface area (Å²) >= 11 is 0. The third-order valence-corrected chi connectivity index (χ3v) is 2.76. The molecule has 0 aliphatic carbocycles. The van der Waals surface area contributed by atoms with Gasteiger partial charge in [0.25, 0.3) is 5.91 Å². The van der Waals surface area contributed by atoms with Crippen molar-refractivity contribution in [2.75, 3.05) is 20.1 Å². The Kier molecular flexibility index (Phi) is 8.69. The standard InChI is InChI=1S/C14H17N3O2.2ClH/c1-10-3-5-11(6-4-10)13-12(17-9-19-13)14(18)16-8-7-15-2;;/h3-6,9,15H,7-8H2,1-2H3,(H,16,18);2*1H. The number of hydrogen-bond acceptors (Lipinski definition) is 4. The minimum absolute atomic E-state index is 0. The molecule has 21 heavy (non-hydrogen) atoms. The van der Waals surface area contributed by atoms with E-state index in [2.05, 4.69) is 15.6 Å². The zero-order valence-electron chi connectivity index (χ0n) is 11.9. The Hall–Kier alpha value is -1.56. The number of oxazole rings is 1. The Morgan fingerprint density at radius 3 is 2.48 bits per heavy atom. The first-order valence-corrected chi connectivity index (χ1v) is 6.15. The lowest BCUT2D eigenvalue weighted by Crippen LogP contribution is -2.30. The minimum atomic E-state index is -0.223. The quantitative estimate of drug-likeness (QED) is 0.826. The summed E-state index contributed by atoms with van der Waals surface area (Å²) in [6.45, 7) is 3.27. The summed E-state index contributed by atoms with van der Waals surface area (Å²) in [6.07, 6.45) is 1.29. The van der Waals surface area contributed by atoms with Crippen LogP contribution in [0.4, 0.5) is 0 Å². The fourth-order valence-corrected chi connectivity index (χ4v) is 1.70. The van der Waals surface area contributed by atoms with Crippen LogP contribution in [0.2, 0.25) is 0 Å². The highest BCUT2D eigenvalue weighted by Gasteiger charge is 2.17. The summed E-state index contributed by atoms with van der Waals surface area (Å²) in [5.74, 6) is 0.279. The first-order valence-electron chi connectivity index (χ1n) is 6.15. The SMILES string of the molecule is CNCCNC(=O)c1ncoc1-c1ccc(C)cc1.Cl.Cl. The summed E-state index contributed by atoms with van der Waals surface area (Å²) in [4.78, 5) is 16.0. The number of carbonyl (C=O) groups is 1. The highest BCUT2D eigenvalue weighted by molar-refractivity contribution is 5.97. The van der Waals surface area contributed by atoms with Gasteiger partial charge < -0.3 is 15.1 Å². The molecule has 0 radical (unpaired) electrons. The van der Waals surface area contributed by atoms with Crippen molar-refractivity contribution < 1.29 is 9.21 Å². The number of amides is 1. The van der Waals surface area contributed by atoms with E-state index in [0.29, 0.717) is 24.5 Å². The second kappa shape index (κ2) is 9.39. The van der Waals surface area contributed by atoms with Gasteiger partial charge in [-0.2, -0.15) is 0 Å². The smallest absolute Gasteiger partial charge is 0.273 e. The number of likely N-dealkylation sites (N-methyl/N-ethyl adjacent to an activating group) is 1. The van der Waals surface area contributed by atoms with Crippen molar-refractivity contribution >= 4 is 30.7 Å². The maximum Gasteiger partial charge on any atom is 0.273 e. The zero-order chi connectivity index (χ0) is 13.7. The van der Waals surface area contributed by atoms with E-state index in [4.69, 9.17) is 4.42 Å². The van der Waals surface area contributed by atoms with E-state index in [9.17, 15) is 4.79 Å². The van der Waals surface area contributed by atoms with Crippen molar-refractivity contribution in [3.63, 3.8) is 0 Å². The predicted octanol–water partition coefficient (Wildman–Crippen LogP) is 2.44. The number of rotatable bonds is 5. The van der Waals surface area contributed by atoms with Crippen molar-refractivity contribution in [3.05, 3.63) is 41.9 Å². The number of hydrogen-bond donors (Lipinski definition) is 2. The van der Waals surface area contributed by atoms with Gasteiger partial charge in [0.2, 0.25) is 0 Å². The fraction of sp³-hybridized carbons (Fsp3) is 0.286. The number of carbonyl (C=O) groups excluding carboxylic acids is 1. The lowest BCUT2D eigenvalue weighted by Gasteiger charge is -2.04. The highest BCUT2D eigenvalue weighted by Crippen LogP contribution is 2.23. The maximum atomic E-state index is 12.0. The molecule has 0 spiro atoms. The van der Waals surface area contributed by atoms with Crippen molar-refractivity contribution in [2.24, 2.45) is 0 Å². The molecular formula is C14H19Cl2N3O2. The second-order valence-corrected chi connectivity index (χ2v) is 4.26. The average Bonchev–Trinajstić information content (AvgIpc) is 2.89. The van der Waals surface area contributed by atoms with Crippen LogP contribution in [-0.4, -0.2) is 31.0 Å². The molecular weight excluding hydrogens is 313 g/mol. The van der Waals surface area contributed by atoms with E-state index in [-0.39, 0.29) is 30.7 Å². The lowest BCUT2D eigenvalue weighted by atomic mass is 10.1. The second-order valence-electron chi connectivity index (χ2n) is 4.26. The van der Waals surface area contributed by atoms with E-state index >= 15 is 0 Å². The van der Waals surface area contributed by atoms with E-state index in [1.165, 1.54) is 6.39 Å². The largest absolute Gasteiger partial charge is 0.443 e. The molecule has 0 saturated heterocycles. The first kappa shape index (κ1) is 19.4. The molecule has 0 aliphatic rings. The number of aromatic nitrogens is 1. The van der Waals surface area contributed by atoms with Gasteiger partial charge >= 0.3 is 0 Å². The average molecular weight is 332 g/mol. The zero-order valence-corrected chi connectivity index (χ0v) is 13.5. The minimum Gasteiger partial charge on any atom is -0.443 e. The van der Waals surface area contributed by atoms with Crippen molar-refractivity contribution in [1.29, 1.82) is 0 Å². The Bertz CT molecular complexity index is 556. The Morgan fingerprint density at radius 1 is 1.19 bits per heavy atom. The summed E-state index contributed by atoms with van der Waals surface area (Å²) in [5.41, 5.74) is 2.32. The molecule has 1 aromatic carbocycles. The van der Waals surface area contributed by atoms with Crippen LogP contribution in [0.5, 0.6) is 0 Å². The van der Waals surface area contributed by atoms with Crippen LogP contribution >= 0.6 is 24.8 Å². The van der Waals surface area contributed by atoms with Crippen LogP contribution in [0, 0.1) is 6.92 Å². The van der Waals surface area contributed by atoms with Crippen molar-refractivity contribution in [3.8, 4) is 11.3 Å². The topological polar surface area (TPSA) is 67.2 Å². The molecule has 5 nitrogen and oxygen atoms in total. The van der Waals surface area contributed by atoms with Crippen molar-refractivity contribution in [2.45, 2.75) is 6.92 Å². The van der Waals surface area contributed by atoms with Gasteiger partial charge in [0.1, 0.15) is 0 Å². The van der Waals surface area contributed by atoms with Gasteiger partial charge in [-0.1, -0.05) is 29.8 Å². The van der Waals surface area contributed by atoms with E-state index in [0.717, 1.165) is 11.1 Å². The normalized spacial score (nSPS) is 9.43. The van der Waals surface area contributed by atoms with Gasteiger partial charge in [-0.25, -0.2) is 4.98 Å². The molecule has 1 heterocycles. The lowest BCUT2D eigenvalue weighted by molar-refractivity contribution is 0.0950. The summed E-state index contributed by atoms with van der Waals surface area (Å²) < 4.78 is 5.33. The number of aryl methyl sites for hydroxylation is 1. The van der Waals surface area contributed by atoms with E-state index < -0.39 is 0 Å². The fourth-order valence-electron chi connectivity index (χ4n) is 1.70. The monoisotopic (exact) mass is 331 g/mol. The molecule has 0 aliphatic heterocycles. The Balaban J connectivity index is 0.00000200. The van der Waals surface area contributed by atoms with E-state index in [1.807, 2.05) is 38.2 Å². The van der Waals surface area contributed by atoms with Crippen LogP contribution in [0.15, 0.2) is 35.1 Å². The summed E-state index contributed by atoms with van der Waals surface area (Å²) in [7, 11) is 1.83. The molecule has 2 N–H and O–H groups in total. The number of nitrogens with one attached hydrogen (secondary N) is 2. The molecule has 0 atom stereocenters. The van der Waals surface area contributed by atoms with Gasteiger partial charge in [-0.15, -0.1) is 24.8 Å². The van der Waals surface area contributed by atoms with Gasteiger partial charge in [0, 0.05) is 18.7 Å². The molecule has 1 aromatic heterocycles. The molecule has 2 aromatic rings. The molecule has 0 fully saturated rings. The first-order chi connectivity index (χ1) is 9.22. The van der Waals surface area contributed by atoms with Crippen molar-refractivity contribution in [1.82, 2.24) is 15.6 Å². The maximum absolute atomic E-state index is 12.0.